The lowest BCUT2D eigenvalue weighted by Gasteiger charge is -2.14. The number of rotatable bonds is 5. The van der Waals surface area contributed by atoms with Gasteiger partial charge in [0.15, 0.2) is 5.65 Å². The zero-order valence-corrected chi connectivity index (χ0v) is 18.7. The molecule has 1 aliphatic rings. The fraction of sp³-hybridized carbons (Fsp3) is 0.160. The number of amides is 2. The van der Waals surface area contributed by atoms with Crippen LogP contribution in [0.1, 0.15) is 43.7 Å². The minimum absolute atomic E-state index is 0.203. The van der Waals surface area contributed by atoms with E-state index in [0.717, 1.165) is 4.90 Å². The van der Waals surface area contributed by atoms with Crippen LogP contribution < -0.4 is 9.64 Å². The number of para-hydroxylation sites is 2. The predicted octanol–water partition coefficient (Wildman–Crippen LogP) is 3.71. The number of hydrogen-bond acceptors (Lipinski definition) is 7. The van der Waals surface area contributed by atoms with Gasteiger partial charge < -0.3 is 9.47 Å². The highest BCUT2D eigenvalue weighted by Crippen LogP contribution is 2.35. The van der Waals surface area contributed by atoms with Crippen LogP contribution in [0.2, 0.25) is 0 Å². The Morgan fingerprint density at radius 3 is 2.47 bits per heavy atom. The van der Waals surface area contributed by atoms with Gasteiger partial charge >= 0.3 is 5.97 Å². The molecule has 2 aromatic carbocycles. The van der Waals surface area contributed by atoms with Gasteiger partial charge in [0.2, 0.25) is 0 Å². The van der Waals surface area contributed by atoms with E-state index in [1.165, 1.54) is 18.3 Å². The Morgan fingerprint density at radius 1 is 1.03 bits per heavy atom. The number of esters is 1. The Balaban J connectivity index is 1.60. The number of carbonyl (C=O) groups is 3. The lowest BCUT2D eigenvalue weighted by molar-refractivity contribution is 0.0526. The van der Waals surface area contributed by atoms with E-state index in [2.05, 4.69) is 10.1 Å². The number of nitrogens with zero attached hydrogens (tertiary/aromatic N) is 4. The standard InChI is InChI=1S/C25H20N4O5/c1-4-34-25(32)15-9-11-16(12-10-15)28-23(30)17-13-26-22-20(21(17)24(28)31)14(2)27-29(22)18-7-5-6-8-19(18)33-3/h5-13H,4H2,1-3H3. The molecular formula is C25H20N4O5. The average Bonchev–Trinajstić information content (AvgIpc) is 3.32. The highest BCUT2D eigenvalue weighted by Gasteiger charge is 2.40. The summed E-state index contributed by atoms with van der Waals surface area (Å²) in [6, 6.07) is 13.5. The van der Waals surface area contributed by atoms with Gasteiger partial charge in [0, 0.05) is 6.20 Å². The molecule has 0 radical (unpaired) electrons. The van der Waals surface area contributed by atoms with Crippen molar-refractivity contribution in [3.63, 3.8) is 0 Å². The van der Waals surface area contributed by atoms with Gasteiger partial charge in [-0.3, -0.25) is 9.59 Å². The zero-order chi connectivity index (χ0) is 24.0. The van der Waals surface area contributed by atoms with Crippen molar-refractivity contribution in [1.29, 1.82) is 0 Å². The minimum Gasteiger partial charge on any atom is -0.494 e. The third-order valence-corrected chi connectivity index (χ3v) is 5.67. The van der Waals surface area contributed by atoms with E-state index in [1.54, 1.807) is 37.8 Å². The number of anilines is 1. The van der Waals surface area contributed by atoms with Crippen molar-refractivity contribution in [3.8, 4) is 11.4 Å². The number of hydrogen-bond donors (Lipinski definition) is 0. The molecule has 0 spiro atoms. The van der Waals surface area contributed by atoms with E-state index in [1.807, 2.05) is 24.3 Å². The molecule has 0 bridgehead atoms. The van der Waals surface area contributed by atoms with E-state index in [0.29, 0.717) is 39.4 Å². The first-order valence-electron chi connectivity index (χ1n) is 10.6. The van der Waals surface area contributed by atoms with Crippen LogP contribution in [0.4, 0.5) is 5.69 Å². The Kier molecular flexibility index (Phi) is 5.09. The van der Waals surface area contributed by atoms with E-state index >= 15 is 0 Å². The summed E-state index contributed by atoms with van der Waals surface area (Å²) in [4.78, 5) is 44.2. The smallest absolute Gasteiger partial charge is 0.338 e. The molecule has 0 fully saturated rings. The number of benzene rings is 2. The molecule has 0 aliphatic carbocycles. The van der Waals surface area contributed by atoms with Crippen LogP contribution >= 0.6 is 0 Å². The maximum absolute atomic E-state index is 13.5. The van der Waals surface area contributed by atoms with Crippen molar-refractivity contribution in [2.45, 2.75) is 13.8 Å². The number of pyridine rings is 1. The summed E-state index contributed by atoms with van der Waals surface area (Å²) < 4.78 is 12.1. The average molecular weight is 456 g/mol. The highest BCUT2D eigenvalue weighted by atomic mass is 16.5. The summed E-state index contributed by atoms with van der Waals surface area (Å²) in [5.41, 5.74) is 2.81. The van der Waals surface area contributed by atoms with E-state index in [9.17, 15) is 14.4 Å². The third-order valence-electron chi connectivity index (χ3n) is 5.67. The summed E-state index contributed by atoms with van der Waals surface area (Å²) in [6.45, 7) is 3.74. The molecule has 5 rings (SSSR count). The van der Waals surface area contributed by atoms with Gasteiger partial charge in [-0.25, -0.2) is 19.4 Å². The van der Waals surface area contributed by atoms with Crippen LogP contribution in [-0.2, 0) is 4.74 Å². The molecule has 9 heteroatoms. The van der Waals surface area contributed by atoms with Gasteiger partial charge in [-0.15, -0.1) is 0 Å². The Bertz CT molecular complexity index is 1470. The molecule has 0 N–H and O–H groups in total. The topological polar surface area (TPSA) is 104 Å². The molecule has 170 valence electrons. The Labute approximate surface area is 194 Å². The van der Waals surface area contributed by atoms with Crippen LogP contribution in [0.5, 0.6) is 5.75 Å². The fourth-order valence-electron chi connectivity index (χ4n) is 4.13. The molecule has 3 heterocycles. The maximum Gasteiger partial charge on any atom is 0.338 e. The third kappa shape index (κ3) is 3.13. The second kappa shape index (κ2) is 8.11. The lowest BCUT2D eigenvalue weighted by Crippen LogP contribution is -2.29. The van der Waals surface area contributed by atoms with Crippen molar-refractivity contribution < 1.29 is 23.9 Å². The van der Waals surface area contributed by atoms with Crippen LogP contribution in [-0.4, -0.2) is 46.3 Å². The summed E-state index contributed by atoms with van der Waals surface area (Å²) in [6.07, 6.45) is 1.40. The van der Waals surface area contributed by atoms with Crippen LogP contribution in [0.15, 0.2) is 54.7 Å². The maximum atomic E-state index is 13.5. The van der Waals surface area contributed by atoms with E-state index < -0.39 is 17.8 Å². The number of carbonyl (C=O) groups excluding carboxylic acids is 3. The molecule has 34 heavy (non-hydrogen) atoms. The Morgan fingerprint density at radius 2 is 1.76 bits per heavy atom. The van der Waals surface area contributed by atoms with E-state index in [-0.39, 0.29) is 17.7 Å². The second-order valence-corrected chi connectivity index (χ2v) is 7.63. The van der Waals surface area contributed by atoms with Gasteiger partial charge in [0.05, 0.1) is 47.2 Å². The van der Waals surface area contributed by atoms with Gasteiger partial charge in [-0.1, -0.05) is 12.1 Å². The first kappa shape index (κ1) is 21.3. The first-order valence-corrected chi connectivity index (χ1v) is 10.6. The highest BCUT2D eigenvalue weighted by molar-refractivity contribution is 6.37. The van der Waals surface area contributed by atoms with Crippen molar-refractivity contribution in [2.24, 2.45) is 0 Å². The molecule has 9 nitrogen and oxygen atoms in total. The van der Waals surface area contributed by atoms with Crippen molar-refractivity contribution in [1.82, 2.24) is 14.8 Å². The van der Waals surface area contributed by atoms with Gasteiger partial charge in [0.25, 0.3) is 11.8 Å². The van der Waals surface area contributed by atoms with E-state index in [4.69, 9.17) is 9.47 Å². The lowest BCUT2D eigenvalue weighted by atomic mass is 10.1. The number of methoxy groups -OCH3 is 1. The summed E-state index contributed by atoms with van der Waals surface area (Å²) in [7, 11) is 1.57. The van der Waals surface area contributed by atoms with Crippen LogP contribution in [0.3, 0.4) is 0 Å². The number of aromatic nitrogens is 3. The van der Waals surface area contributed by atoms with Gasteiger partial charge in [0.1, 0.15) is 11.4 Å². The van der Waals surface area contributed by atoms with Gasteiger partial charge in [-0.2, -0.15) is 5.10 Å². The molecule has 0 unspecified atom stereocenters. The molecule has 0 saturated carbocycles. The normalized spacial score (nSPS) is 12.9. The fourth-order valence-corrected chi connectivity index (χ4v) is 4.13. The number of fused-ring (bicyclic) bond motifs is 3. The molecule has 0 saturated heterocycles. The van der Waals surface area contributed by atoms with Crippen molar-refractivity contribution >= 4 is 34.5 Å². The Hall–Kier alpha value is -4.53. The quantitative estimate of drug-likeness (QED) is 0.333. The molecular weight excluding hydrogens is 436 g/mol. The molecule has 2 aromatic heterocycles. The first-order chi connectivity index (χ1) is 16.5. The summed E-state index contributed by atoms with van der Waals surface area (Å²) in [5.74, 6) is -0.830. The molecule has 2 amide bonds. The number of imide groups is 1. The molecule has 0 atom stereocenters. The SMILES string of the molecule is CCOC(=O)c1ccc(N2C(=O)c3cnc4c(c(C)nn4-c4ccccc4OC)c3C2=O)cc1. The van der Waals surface area contributed by atoms with Crippen LogP contribution in [0, 0.1) is 6.92 Å². The van der Waals surface area contributed by atoms with Crippen molar-refractivity contribution in [2.75, 3.05) is 18.6 Å². The summed E-state index contributed by atoms with van der Waals surface area (Å²) >= 11 is 0. The largest absolute Gasteiger partial charge is 0.494 e. The summed E-state index contributed by atoms with van der Waals surface area (Å²) in [5, 5.41) is 5.10. The minimum atomic E-state index is -0.484. The molecule has 4 aromatic rings. The zero-order valence-electron chi connectivity index (χ0n) is 18.7. The number of ether oxygens (including phenoxy) is 2. The second-order valence-electron chi connectivity index (χ2n) is 7.63. The van der Waals surface area contributed by atoms with Gasteiger partial charge in [-0.05, 0) is 50.2 Å². The molecule has 1 aliphatic heterocycles. The number of aryl methyl sites for hydroxylation is 1. The predicted molar refractivity (Wildman–Crippen MR) is 124 cm³/mol. The van der Waals surface area contributed by atoms with Crippen molar-refractivity contribution in [3.05, 3.63) is 77.1 Å². The monoisotopic (exact) mass is 456 g/mol. The van der Waals surface area contributed by atoms with Crippen LogP contribution in [0.25, 0.3) is 16.7 Å².